The van der Waals surface area contributed by atoms with Crippen LogP contribution in [-0.2, 0) is 0 Å². The number of urea groups is 1. The molecule has 0 radical (unpaired) electrons. The summed E-state index contributed by atoms with van der Waals surface area (Å²) < 4.78 is 5.61. The van der Waals surface area contributed by atoms with Gasteiger partial charge in [0.1, 0.15) is 0 Å². The van der Waals surface area contributed by atoms with E-state index in [1.165, 1.54) is 5.57 Å². The number of amides is 3. The van der Waals surface area contributed by atoms with Crippen molar-refractivity contribution < 1.29 is 14.0 Å². The molecule has 1 spiro atoms. The summed E-state index contributed by atoms with van der Waals surface area (Å²) in [5.41, 5.74) is 3.47. The Morgan fingerprint density at radius 3 is 2.88 bits per heavy atom. The van der Waals surface area contributed by atoms with Gasteiger partial charge in [0.25, 0.3) is 5.91 Å². The Morgan fingerprint density at radius 2 is 2.12 bits per heavy atom. The summed E-state index contributed by atoms with van der Waals surface area (Å²) in [4.78, 5) is 31.4. The van der Waals surface area contributed by atoms with E-state index >= 15 is 0 Å². The molecular formula is C26H34N4O3. The van der Waals surface area contributed by atoms with Crippen molar-refractivity contribution in [3.63, 3.8) is 0 Å². The molecule has 2 atom stereocenters. The van der Waals surface area contributed by atoms with Crippen molar-refractivity contribution in [2.45, 2.75) is 58.8 Å². The highest BCUT2D eigenvalue weighted by Gasteiger charge is 2.54. The summed E-state index contributed by atoms with van der Waals surface area (Å²) in [6.45, 7) is 6.71. The summed E-state index contributed by atoms with van der Waals surface area (Å²) in [5, 5.41) is 7.16. The van der Waals surface area contributed by atoms with Crippen molar-refractivity contribution in [1.82, 2.24) is 20.5 Å². The molecule has 2 fully saturated rings. The molecule has 2 unspecified atom stereocenters. The summed E-state index contributed by atoms with van der Waals surface area (Å²) >= 11 is 0. The van der Waals surface area contributed by atoms with Crippen LogP contribution in [0.5, 0.6) is 0 Å². The van der Waals surface area contributed by atoms with Crippen LogP contribution in [0.4, 0.5) is 4.79 Å². The number of fused-ring (bicyclic) bond motifs is 1. The predicted octanol–water partition coefficient (Wildman–Crippen LogP) is 4.85. The minimum absolute atomic E-state index is 0.0604. The minimum atomic E-state index is -0.174. The number of hydrogen-bond donors (Lipinski definition) is 2. The summed E-state index contributed by atoms with van der Waals surface area (Å²) in [6.07, 6.45) is 10.7. The van der Waals surface area contributed by atoms with Gasteiger partial charge in [-0.25, -0.2) is 4.79 Å². The summed E-state index contributed by atoms with van der Waals surface area (Å²) in [7, 11) is 0. The fraction of sp³-hybridized carbons (Fsp3) is 0.577. The number of hydrogen-bond acceptors (Lipinski definition) is 4. The smallest absolute Gasteiger partial charge is 0.321 e. The first-order valence-corrected chi connectivity index (χ1v) is 12.4. The average molecular weight is 451 g/mol. The first-order chi connectivity index (χ1) is 16.0. The lowest BCUT2D eigenvalue weighted by Crippen LogP contribution is -2.45. The molecule has 1 saturated carbocycles. The van der Waals surface area contributed by atoms with Crippen molar-refractivity contribution in [1.29, 1.82) is 0 Å². The van der Waals surface area contributed by atoms with E-state index in [1.807, 2.05) is 11.0 Å². The second kappa shape index (κ2) is 8.84. The molecule has 0 bridgehead atoms. The highest BCUT2D eigenvalue weighted by molar-refractivity contribution is 5.95. The SMILES string of the molecule is CCC1=C(NC(=O)N2CCC3(CC2)CC3CNC(=O)c2cc3ccncc3o2)CCC(C)C1. The second-order valence-electron chi connectivity index (χ2n) is 10.2. The molecule has 2 N–H and O–H groups in total. The molecule has 2 aromatic heterocycles. The molecular weight excluding hydrogens is 416 g/mol. The first-order valence-electron chi connectivity index (χ1n) is 12.4. The molecule has 1 aliphatic heterocycles. The van der Waals surface area contributed by atoms with E-state index in [-0.39, 0.29) is 17.4 Å². The molecule has 0 aromatic carbocycles. The van der Waals surface area contributed by atoms with Crippen LogP contribution in [0.15, 0.2) is 40.2 Å². The Balaban J connectivity index is 1.10. The molecule has 2 aromatic rings. The molecule has 3 amide bonds. The van der Waals surface area contributed by atoms with Gasteiger partial charge in [-0.3, -0.25) is 9.78 Å². The standard InChI is InChI=1S/C26H34N4O3/c1-3-18-12-17(2)4-5-21(18)29-25(32)30-10-7-26(8-11-30)14-20(26)15-28-24(31)22-13-19-6-9-27-16-23(19)33-22/h6,9,13,16-17,20H,3-5,7-8,10-12,14-15H2,1-2H3,(H,28,31)(H,29,32). The second-order valence-corrected chi connectivity index (χ2v) is 10.2. The van der Waals surface area contributed by atoms with Crippen LogP contribution in [0.2, 0.25) is 0 Å². The van der Waals surface area contributed by atoms with E-state index in [4.69, 9.17) is 4.42 Å². The maximum atomic E-state index is 12.9. The molecule has 1 saturated heterocycles. The minimum Gasteiger partial charge on any atom is -0.449 e. The fourth-order valence-corrected chi connectivity index (χ4v) is 5.72. The molecule has 33 heavy (non-hydrogen) atoms. The van der Waals surface area contributed by atoms with Gasteiger partial charge in [0.2, 0.25) is 0 Å². The number of carbonyl (C=O) groups is 2. The van der Waals surface area contributed by atoms with E-state index in [0.717, 1.165) is 69.1 Å². The third-order valence-electron chi connectivity index (χ3n) is 8.05. The molecule has 176 valence electrons. The Bertz CT molecular complexity index is 1050. The number of rotatable bonds is 5. The highest BCUT2D eigenvalue weighted by atomic mass is 16.3. The topological polar surface area (TPSA) is 87.5 Å². The van der Waals surface area contributed by atoms with Gasteiger partial charge < -0.3 is 20.0 Å². The average Bonchev–Trinajstić information content (AvgIpc) is 3.30. The molecule has 7 heteroatoms. The zero-order chi connectivity index (χ0) is 23.0. The Labute approximate surface area is 195 Å². The number of piperidine rings is 1. The number of allylic oxidation sites excluding steroid dienone is 2. The van der Waals surface area contributed by atoms with Gasteiger partial charge in [0.05, 0.1) is 6.20 Å². The summed E-state index contributed by atoms with van der Waals surface area (Å²) in [6, 6.07) is 3.66. The van der Waals surface area contributed by atoms with Crippen LogP contribution < -0.4 is 10.6 Å². The summed E-state index contributed by atoms with van der Waals surface area (Å²) in [5.74, 6) is 1.35. The van der Waals surface area contributed by atoms with Crippen molar-refractivity contribution in [2.75, 3.05) is 19.6 Å². The van der Waals surface area contributed by atoms with E-state index in [2.05, 4.69) is 29.5 Å². The lowest BCUT2D eigenvalue weighted by molar-refractivity contribution is 0.0922. The molecule has 2 aliphatic carbocycles. The molecule has 3 aliphatic rings. The van der Waals surface area contributed by atoms with Gasteiger partial charge in [-0.1, -0.05) is 19.4 Å². The van der Waals surface area contributed by atoms with Crippen molar-refractivity contribution in [3.8, 4) is 0 Å². The number of carbonyl (C=O) groups excluding carboxylic acids is 2. The van der Waals surface area contributed by atoms with E-state index in [0.29, 0.717) is 29.7 Å². The number of likely N-dealkylation sites (tertiary alicyclic amines) is 1. The van der Waals surface area contributed by atoms with Gasteiger partial charge in [0, 0.05) is 36.9 Å². The fourth-order valence-electron chi connectivity index (χ4n) is 5.72. The van der Waals surface area contributed by atoms with Crippen molar-refractivity contribution in [2.24, 2.45) is 17.3 Å². The van der Waals surface area contributed by atoms with E-state index in [9.17, 15) is 9.59 Å². The Hall–Kier alpha value is -2.83. The Morgan fingerprint density at radius 1 is 1.30 bits per heavy atom. The number of pyridine rings is 1. The van der Waals surface area contributed by atoms with Crippen LogP contribution in [0.3, 0.4) is 0 Å². The largest absolute Gasteiger partial charge is 0.449 e. The third kappa shape index (κ3) is 4.50. The lowest BCUT2D eigenvalue weighted by Gasteiger charge is -2.34. The quantitative estimate of drug-likeness (QED) is 0.681. The number of aromatic nitrogens is 1. The Kier molecular flexibility index (Phi) is 5.89. The van der Waals surface area contributed by atoms with Gasteiger partial charge in [-0.05, 0) is 74.3 Å². The number of nitrogens with zero attached hydrogens (tertiary/aromatic N) is 2. The van der Waals surface area contributed by atoms with E-state index < -0.39 is 0 Å². The van der Waals surface area contributed by atoms with Gasteiger partial charge in [-0.2, -0.15) is 0 Å². The van der Waals surface area contributed by atoms with E-state index in [1.54, 1.807) is 18.5 Å². The molecule has 5 rings (SSSR count). The number of nitrogens with one attached hydrogen (secondary N) is 2. The van der Waals surface area contributed by atoms with Gasteiger partial charge >= 0.3 is 6.03 Å². The maximum Gasteiger partial charge on any atom is 0.321 e. The van der Waals surface area contributed by atoms with Gasteiger partial charge in [0.15, 0.2) is 11.3 Å². The van der Waals surface area contributed by atoms with Crippen LogP contribution in [0.1, 0.15) is 69.3 Å². The third-order valence-corrected chi connectivity index (χ3v) is 8.05. The highest BCUT2D eigenvalue weighted by Crippen LogP contribution is 2.59. The zero-order valence-corrected chi connectivity index (χ0v) is 19.7. The van der Waals surface area contributed by atoms with Gasteiger partial charge in [-0.15, -0.1) is 0 Å². The first kappa shape index (κ1) is 22.0. The zero-order valence-electron chi connectivity index (χ0n) is 19.7. The normalized spacial score (nSPS) is 24.2. The van der Waals surface area contributed by atoms with Crippen LogP contribution >= 0.6 is 0 Å². The lowest BCUT2D eigenvalue weighted by atomic mass is 9.87. The van der Waals surface area contributed by atoms with Crippen LogP contribution in [-0.4, -0.2) is 41.5 Å². The maximum absolute atomic E-state index is 12.9. The molecule has 3 heterocycles. The predicted molar refractivity (Wildman–Crippen MR) is 127 cm³/mol. The molecule has 7 nitrogen and oxygen atoms in total. The van der Waals surface area contributed by atoms with Crippen LogP contribution in [0, 0.1) is 17.3 Å². The van der Waals surface area contributed by atoms with Crippen LogP contribution in [0.25, 0.3) is 11.0 Å². The number of furan rings is 1. The van der Waals surface area contributed by atoms with Crippen molar-refractivity contribution >= 4 is 22.9 Å². The van der Waals surface area contributed by atoms with Crippen molar-refractivity contribution in [3.05, 3.63) is 41.6 Å². The monoisotopic (exact) mass is 450 g/mol.